The summed E-state index contributed by atoms with van der Waals surface area (Å²) in [4.78, 5) is 0. The maximum Gasteiger partial charge on any atom is 0.147 e. The Hall–Kier alpha value is 0.580. The maximum absolute atomic E-state index is 14.6. The van der Waals surface area contributed by atoms with Crippen molar-refractivity contribution in [1.29, 1.82) is 0 Å². The number of hydrogen-bond donors (Lipinski definition) is 1. The van der Waals surface area contributed by atoms with Crippen LogP contribution in [0.3, 0.4) is 0 Å². The highest BCUT2D eigenvalue weighted by atomic mass is 79.9. The van der Waals surface area contributed by atoms with Gasteiger partial charge in [-0.2, -0.15) is 23.5 Å². The van der Waals surface area contributed by atoms with Crippen LogP contribution in [-0.2, 0) is 0 Å². The highest BCUT2D eigenvalue weighted by Gasteiger charge is 2.34. The molecule has 1 fully saturated rings. The van der Waals surface area contributed by atoms with Crippen molar-refractivity contribution in [3.05, 3.63) is 33.0 Å². The predicted octanol–water partition coefficient (Wildman–Crippen LogP) is 5.52. The summed E-state index contributed by atoms with van der Waals surface area (Å²) in [6, 6.07) is 3.70. The average molecular weight is 413 g/mol. The molecule has 1 nitrogen and oxygen atoms in total. The summed E-state index contributed by atoms with van der Waals surface area (Å²) in [5.74, 6) is 2.00. The van der Waals surface area contributed by atoms with E-state index >= 15 is 0 Å². The first-order chi connectivity index (χ1) is 10.1. The summed E-state index contributed by atoms with van der Waals surface area (Å²) >= 11 is 13.3. The highest BCUT2D eigenvalue weighted by molar-refractivity contribution is 9.10. The van der Waals surface area contributed by atoms with Gasteiger partial charge in [-0.3, -0.25) is 0 Å². The largest absolute Gasteiger partial charge is 0.309 e. The lowest BCUT2D eigenvalue weighted by molar-refractivity contribution is 0.484. The molecule has 0 saturated carbocycles. The van der Waals surface area contributed by atoms with Gasteiger partial charge in [0.15, 0.2) is 0 Å². The number of thioether (sulfide) groups is 2. The van der Waals surface area contributed by atoms with Gasteiger partial charge in [0.2, 0.25) is 0 Å². The Morgan fingerprint density at radius 3 is 2.76 bits per heavy atom. The monoisotopic (exact) mass is 411 g/mol. The van der Waals surface area contributed by atoms with Gasteiger partial charge in [0, 0.05) is 38.1 Å². The third-order valence-electron chi connectivity index (χ3n) is 3.65. The third kappa shape index (κ3) is 4.11. The van der Waals surface area contributed by atoms with Gasteiger partial charge < -0.3 is 5.32 Å². The second-order valence-electron chi connectivity index (χ2n) is 4.95. The molecular formula is C15H20BrClFNS2. The number of halogens is 3. The van der Waals surface area contributed by atoms with Crippen molar-refractivity contribution < 1.29 is 4.39 Å². The molecule has 21 heavy (non-hydrogen) atoms. The van der Waals surface area contributed by atoms with E-state index in [1.807, 2.05) is 35.7 Å². The first kappa shape index (κ1) is 17.9. The van der Waals surface area contributed by atoms with E-state index in [0.717, 1.165) is 18.7 Å². The van der Waals surface area contributed by atoms with E-state index < -0.39 is 0 Å². The molecule has 1 N–H and O–H groups in total. The standard InChI is InChI=1S/C15H20BrClFNS2/c1-3-11-15(21-8-7-20-11)14(19-4-2)9-5-6-10(16)12(17)13(9)18/h5-6,11,14-15,19H,3-4,7-8H2,1-2H3. The van der Waals surface area contributed by atoms with Gasteiger partial charge in [-0.15, -0.1) is 0 Å². The van der Waals surface area contributed by atoms with E-state index in [1.54, 1.807) is 0 Å². The molecule has 1 aromatic rings. The fourth-order valence-electron chi connectivity index (χ4n) is 2.65. The highest BCUT2D eigenvalue weighted by Crippen LogP contribution is 2.42. The van der Waals surface area contributed by atoms with Gasteiger partial charge in [0.1, 0.15) is 5.82 Å². The van der Waals surface area contributed by atoms with Crippen molar-refractivity contribution >= 4 is 51.1 Å². The molecule has 3 unspecified atom stereocenters. The Balaban J connectivity index is 2.36. The molecule has 0 bridgehead atoms. The molecule has 6 heteroatoms. The minimum Gasteiger partial charge on any atom is -0.309 e. The van der Waals surface area contributed by atoms with E-state index in [2.05, 4.69) is 35.1 Å². The van der Waals surface area contributed by atoms with Crippen molar-refractivity contribution in [2.24, 2.45) is 0 Å². The Morgan fingerprint density at radius 1 is 1.38 bits per heavy atom. The summed E-state index contributed by atoms with van der Waals surface area (Å²) in [5.41, 5.74) is 0.684. The molecule has 118 valence electrons. The second-order valence-corrected chi connectivity index (χ2v) is 8.82. The lowest BCUT2D eigenvalue weighted by Crippen LogP contribution is -2.39. The molecule has 0 spiro atoms. The van der Waals surface area contributed by atoms with E-state index in [1.165, 1.54) is 5.75 Å². The van der Waals surface area contributed by atoms with Gasteiger partial charge in [-0.1, -0.05) is 31.5 Å². The number of nitrogens with one attached hydrogen (secondary N) is 1. The Kier molecular flexibility index (Phi) is 7.20. The van der Waals surface area contributed by atoms with Crippen LogP contribution in [0, 0.1) is 5.82 Å². The van der Waals surface area contributed by atoms with Crippen LogP contribution < -0.4 is 5.32 Å². The maximum atomic E-state index is 14.6. The van der Waals surface area contributed by atoms with Gasteiger partial charge in [0.25, 0.3) is 0 Å². The zero-order valence-electron chi connectivity index (χ0n) is 12.2. The minimum atomic E-state index is -0.303. The van der Waals surface area contributed by atoms with Crippen LogP contribution in [0.15, 0.2) is 16.6 Å². The molecule has 0 aliphatic carbocycles. The Morgan fingerprint density at radius 2 is 2.10 bits per heavy atom. The number of benzene rings is 1. The first-order valence-corrected chi connectivity index (χ1v) is 10.5. The van der Waals surface area contributed by atoms with Crippen molar-refractivity contribution in [2.45, 2.75) is 36.8 Å². The normalized spacial score (nSPS) is 24.0. The van der Waals surface area contributed by atoms with E-state index in [0.29, 0.717) is 20.5 Å². The number of hydrogen-bond acceptors (Lipinski definition) is 3. The van der Waals surface area contributed by atoms with Gasteiger partial charge in [-0.05, 0) is 35.0 Å². The molecule has 1 aromatic carbocycles. The lowest BCUT2D eigenvalue weighted by Gasteiger charge is -2.36. The van der Waals surface area contributed by atoms with Gasteiger partial charge >= 0.3 is 0 Å². The van der Waals surface area contributed by atoms with Crippen molar-refractivity contribution in [1.82, 2.24) is 5.32 Å². The summed E-state index contributed by atoms with van der Waals surface area (Å²) in [6.07, 6.45) is 1.11. The second kappa shape index (κ2) is 8.44. The van der Waals surface area contributed by atoms with Gasteiger partial charge in [-0.25, -0.2) is 4.39 Å². The van der Waals surface area contributed by atoms with Crippen LogP contribution in [0.2, 0.25) is 5.02 Å². The summed E-state index contributed by atoms with van der Waals surface area (Å²) in [7, 11) is 0. The topological polar surface area (TPSA) is 12.0 Å². The quantitative estimate of drug-likeness (QED) is 0.639. The first-order valence-electron chi connectivity index (χ1n) is 7.20. The third-order valence-corrected chi connectivity index (χ3v) is 8.26. The molecule has 0 amide bonds. The van der Waals surface area contributed by atoms with Crippen LogP contribution in [0.1, 0.15) is 31.9 Å². The smallest absolute Gasteiger partial charge is 0.147 e. The van der Waals surface area contributed by atoms with Gasteiger partial charge in [0.05, 0.1) is 5.02 Å². The van der Waals surface area contributed by atoms with Crippen molar-refractivity contribution in [2.75, 3.05) is 18.1 Å². The predicted molar refractivity (Wildman–Crippen MR) is 98.3 cm³/mol. The van der Waals surface area contributed by atoms with Crippen LogP contribution >= 0.6 is 51.1 Å². The average Bonchev–Trinajstić information content (AvgIpc) is 2.51. The zero-order chi connectivity index (χ0) is 15.4. The summed E-state index contributed by atoms with van der Waals surface area (Å²) in [5, 5.41) is 4.58. The molecule has 0 radical (unpaired) electrons. The number of rotatable bonds is 5. The fraction of sp³-hybridized carbons (Fsp3) is 0.600. The minimum absolute atomic E-state index is 0.00310. The molecule has 1 heterocycles. The van der Waals surface area contributed by atoms with Crippen molar-refractivity contribution in [3.63, 3.8) is 0 Å². The summed E-state index contributed by atoms with van der Waals surface area (Å²) < 4.78 is 15.2. The summed E-state index contributed by atoms with van der Waals surface area (Å²) in [6.45, 7) is 5.09. The van der Waals surface area contributed by atoms with Crippen molar-refractivity contribution in [3.8, 4) is 0 Å². The fourth-order valence-corrected chi connectivity index (χ4v) is 6.37. The zero-order valence-corrected chi connectivity index (χ0v) is 16.1. The molecule has 1 aliphatic rings. The Labute approximate surface area is 148 Å². The molecule has 3 atom stereocenters. The van der Waals surface area contributed by atoms with E-state index in [9.17, 15) is 4.39 Å². The van der Waals surface area contributed by atoms with Crippen LogP contribution in [-0.4, -0.2) is 28.6 Å². The molecule has 2 rings (SSSR count). The Bertz CT molecular complexity index is 489. The van der Waals surface area contributed by atoms with Crippen LogP contribution in [0.4, 0.5) is 4.39 Å². The lowest BCUT2D eigenvalue weighted by atomic mass is 9.99. The molecule has 0 aromatic heterocycles. The molecule has 1 aliphatic heterocycles. The SMILES string of the molecule is CCNC(c1ccc(Br)c(Cl)c1F)C1SCCSC1CC. The van der Waals surface area contributed by atoms with Crippen LogP contribution in [0.5, 0.6) is 0 Å². The van der Waals surface area contributed by atoms with E-state index in [-0.39, 0.29) is 16.9 Å². The van der Waals surface area contributed by atoms with Crippen LogP contribution in [0.25, 0.3) is 0 Å². The molecule has 1 saturated heterocycles. The molecular weight excluding hydrogens is 393 g/mol. The van der Waals surface area contributed by atoms with E-state index in [4.69, 9.17) is 11.6 Å².